The molecule has 1 aromatic carbocycles. The summed E-state index contributed by atoms with van der Waals surface area (Å²) in [4.78, 5) is 14.7. The van der Waals surface area contributed by atoms with Crippen LogP contribution in [0.1, 0.15) is 31.2 Å². The van der Waals surface area contributed by atoms with Crippen LogP contribution < -0.4 is 10.1 Å². The summed E-state index contributed by atoms with van der Waals surface area (Å²) in [5, 5.41) is 3.41. The molecule has 2 heterocycles. The maximum absolute atomic E-state index is 12.2. The van der Waals surface area contributed by atoms with Gasteiger partial charge < -0.3 is 14.5 Å². The molecule has 0 spiro atoms. The first-order valence-corrected chi connectivity index (χ1v) is 9.38. The topological polar surface area (TPSA) is 54.7 Å². The van der Waals surface area contributed by atoms with Crippen molar-refractivity contribution in [2.45, 2.75) is 32.2 Å². The number of nitrogens with zero attached hydrogens (tertiary/aromatic N) is 1. The fourth-order valence-corrected chi connectivity index (χ4v) is 3.73. The molecule has 1 aromatic heterocycles. The minimum atomic E-state index is 0.0261. The zero-order valence-electron chi connectivity index (χ0n) is 15.0. The summed E-state index contributed by atoms with van der Waals surface area (Å²) in [6, 6.07) is 7.28. The molecule has 1 N–H and O–H groups in total. The van der Waals surface area contributed by atoms with Gasteiger partial charge in [-0.1, -0.05) is 11.6 Å². The van der Waals surface area contributed by atoms with E-state index in [1.807, 2.05) is 6.07 Å². The number of nitrogens with one attached hydrogen (secondary N) is 1. The first-order valence-electron chi connectivity index (χ1n) is 9.01. The van der Waals surface area contributed by atoms with Gasteiger partial charge in [0, 0.05) is 30.8 Å². The molecule has 1 saturated heterocycles. The molecule has 1 aliphatic rings. The zero-order chi connectivity index (χ0) is 18.4. The predicted octanol–water partition coefficient (Wildman–Crippen LogP) is 4.57. The van der Waals surface area contributed by atoms with Crippen LogP contribution in [-0.4, -0.2) is 31.0 Å². The Hall–Kier alpha value is -1.98. The maximum atomic E-state index is 12.2. The second kappa shape index (κ2) is 9.10. The minimum absolute atomic E-state index is 0.0261. The highest BCUT2D eigenvalue weighted by Gasteiger charge is 2.21. The van der Waals surface area contributed by atoms with Crippen molar-refractivity contribution in [1.82, 2.24) is 4.90 Å². The lowest BCUT2D eigenvalue weighted by molar-refractivity contribution is -0.116. The molecular weight excluding hydrogens is 352 g/mol. The Bertz CT molecular complexity index is 718. The number of hydrogen-bond acceptors (Lipinski definition) is 4. The van der Waals surface area contributed by atoms with Crippen molar-refractivity contribution in [3.05, 3.63) is 47.4 Å². The highest BCUT2D eigenvalue weighted by molar-refractivity contribution is 6.32. The molecule has 0 bridgehead atoms. The molecule has 5 nitrogen and oxygen atoms in total. The summed E-state index contributed by atoms with van der Waals surface area (Å²) in [7, 11) is 1.57. The van der Waals surface area contributed by atoms with Crippen molar-refractivity contribution in [2.24, 2.45) is 5.92 Å². The van der Waals surface area contributed by atoms with Crippen molar-refractivity contribution >= 4 is 23.2 Å². The third kappa shape index (κ3) is 5.26. The zero-order valence-corrected chi connectivity index (χ0v) is 15.8. The van der Waals surface area contributed by atoms with E-state index in [-0.39, 0.29) is 5.91 Å². The van der Waals surface area contributed by atoms with Crippen molar-refractivity contribution in [3.63, 3.8) is 0 Å². The second-order valence-corrected chi connectivity index (χ2v) is 7.22. The molecule has 2 aromatic rings. The van der Waals surface area contributed by atoms with Crippen LogP contribution in [0.15, 0.2) is 41.2 Å². The van der Waals surface area contributed by atoms with Gasteiger partial charge in [0.25, 0.3) is 0 Å². The molecule has 0 unspecified atom stereocenters. The molecule has 1 fully saturated rings. The van der Waals surface area contributed by atoms with Crippen LogP contribution in [0.5, 0.6) is 5.75 Å². The SMILES string of the molecule is COc1ccc(NC(=O)CC[C@@H]2CCCN(Cc3ccoc3)C2)cc1Cl. The van der Waals surface area contributed by atoms with Gasteiger partial charge in [-0.2, -0.15) is 0 Å². The number of methoxy groups -OCH3 is 1. The molecule has 1 amide bonds. The summed E-state index contributed by atoms with van der Waals surface area (Å²) in [6.07, 6.45) is 7.30. The van der Waals surface area contributed by atoms with Crippen molar-refractivity contribution < 1.29 is 13.9 Å². The molecule has 1 atom stereocenters. The van der Waals surface area contributed by atoms with Gasteiger partial charge in [0.05, 0.1) is 24.7 Å². The molecule has 3 rings (SSSR count). The summed E-state index contributed by atoms with van der Waals surface area (Å²) < 4.78 is 10.3. The number of piperidine rings is 1. The van der Waals surface area contributed by atoms with Crippen molar-refractivity contribution in [1.29, 1.82) is 0 Å². The summed E-state index contributed by atoms with van der Waals surface area (Å²) in [5.74, 6) is 1.18. The number of anilines is 1. The van der Waals surface area contributed by atoms with Crippen LogP contribution in [0.4, 0.5) is 5.69 Å². The Morgan fingerprint density at radius 2 is 2.31 bits per heavy atom. The van der Waals surface area contributed by atoms with Crippen LogP contribution in [-0.2, 0) is 11.3 Å². The maximum Gasteiger partial charge on any atom is 0.224 e. The number of carbonyl (C=O) groups is 1. The third-order valence-corrected chi connectivity index (χ3v) is 5.10. The number of furan rings is 1. The first kappa shape index (κ1) is 18.8. The molecule has 0 saturated carbocycles. The minimum Gasteiger partial charge on any atom is -0.495 e. The number of hydrogen-bond donors (Lipinski definition) is 1. The molecule has 140 valence electrons. The fraction of sp³-hybridized carbons (Fsp3) is 0.450. The van der Waals surface area contributed by atoms with Gasteiger partial charge in [-0.15, -0.1) is 0 Å². The number of halogens is 1. The van der Waals surface area contributed by atoms with E-state index < -0.39 is 0 Å². The number of rotatable bonds is 7. The average molecular weight is 377 g/mol. The lowest BCUT2D eigenvalue weighted by Gasteiger charge is -2.32. The summed E-state index contributed by atoms with van der Waals surface area (Å²) in [5.41, 5.74) is 1.91. The summed E-state index contributed by atoms with van der Waals surface area (Å²) in [6.45, 7) is 3.06. The van der Waals surface area contributed by atoms with E-state index in [0.717, 1.165) is 26.1 Å². The van der Waals surface area contributed by atoms with Gasteiger partial charge in [-0.25, -0.2) is 0 Å². The van der Waals surface area contributed by atoms with Crippen LogP contribution in [0, 0.1) is 5.92 Å². The van der Waals surface area contributed by atoms with E-state index in [9.17, 15) is 4.79 Å². The van der Waals surface area contributed by atoms with Gasteiger partial charge in [-0.3, -0.25) is 9.69 Å². The Kier molecular flexibility index (Phi) is 6.58. The largest absolute Gasteiger partial charge is 0.495 e. The smallest absolute Gasteiger partial charge is 0.224 e. The van der Waals surface area contributed by atoms with E-state index in [2.05, 4.69) is 10.2 Å². The first-order chi connectivity index (χ1) is 12.6. The molecule has 0 aliphatic carbocycles. The molecule has 0 radical (unpaired) electrons. The van der Waals surface area contributed by atoms with E-state index in [4.69, 9.17) is 20.8 Å². The predicted molar refractivity (Wildman–Crippen MR) is 103 cm³/mol. The van der Waals surface area contributed by atoms with Gasteiger partial charge in [-0.05, 0) is 56.0 Å². The van der Waals surface area contributed by atoms with Crippen molar-refractivity contribution in [3.8, 4) is 5.75 Å². The molecule has 1 aliphatic heterocycles. The van der Waals surface area contributed by atoms with E-state index in [1.165, 1.54) is 18.4 Å². The highest BCUT2D eigenvalue weighted by Crippen LogP contribution is 2.27. The Morgan fingerprint density at radius 3 is 3.04 bits per heavy atom. The number of amides is 1. The van der Waals surface area contributed by atoms with Gasteiger partial charge >= 0.3 is 0 Å². The van der Waals surface area contributed by atoms with Crippen molar-refractivity contribution in [2.75, 3.05) is 25.5 Å². The number of carbonyl (C=O) groups excluding carboxylic acids is 1. The molecular formula is C20H25ClN2O3. The standard InChI is InChI=1S/C20H25ClN2O3/c1-25-19-6-5-17(11-18(19)21)22-20(24)7-4-15-3-2-9-23(12-15)13-16-8-10-26-14-16/h5-6,8,10-11,14-15H,2-4,7,9,12-13H2,1H3,(H,22,24)/t15-/m0/s1. The highest BCUT2D eigenvalue weighted by atomic mass is 35.5. The van der Waals surface area contributed by atoms with Gasteiger partial charge in [0.2, 0.25) is 5.91 Å². The molecule has 26 heavy (non-hydrogen) atoms. The Balaban J connectivity index is 1.44. The normalized spacial score (nSPS) is 17.8. The summed E-state index contributed by atoms with van der Waals surface area (Å²) >= 11 is 6.10. The van der Waals surface area contributed by atoms with Gasteiger partial charge in [0.1, 0.15) is 5.75 Å². The van der Waals surface area contributed by atoms with E-state index in [0.29, 0.717) is 28.8 Å². The monoisotopic (exact) mass is 376 g/mol. The number of ether oxygens (including phenoxy) is 1. The van der Waals surface area contributed by atoms with E-state index in [1.54, 1.807) is 37.8 Å². The number of benzene rings is 1. The van der Waals surface area contributed by atoms with E-state index >= 15 is 0 Å². The molecule has 6 heteroatoms. The number of likely N-dealkylation sites (tertiary alicyclic amines) is 1. The second-order valence-electron chi connectivity index (χ2n) is 6.81. The van der Waals surface area contributed by atoms with Crippen LogP contribution >= 0.6 is 11.6 Å². The lowest BCUT2D eigenvalue weighted by atomic mass is 9.93. The lowest BCUT2D eigenvalue weighted by Crippen LogP contribution is -2.35. The fourth-order valence-electron chi connectivity index (χ4n) is 3.47. The Labute approximate surface area is 159 Å². The van der Waals surface area contributed by atoms with Gasteiger partial charge in [0.15, 0.2) is 0 Å². The van der Waals surface area contributed by atoms with Crippen LogP contribution in [0.25, 0.3) is 0 Å². The quantitative estimate of drug-likeness (QED) is 0.768. The third-order valence-electron chi connectivity index (χ3n) is 4.80. The van der Waals surface area contributed by atoms with Crippen LogP contribution in [0.3, 0.4) is 0 Å². The van der Waals surface area contributed by atoms with Crippen LogP contribution in [0.2, 0.25) is 5.02 Å². The Morgan fingerprint density at radius 1 is 1.42 bits per heavy atom. The average Bonchev–Trinajstić information content (AvgIpc) is 3.13.